The van der Waals surface area contributed by atoms with E-state index in [2.05, 4.69) is 29.6 Å². The van der Waals surface area contributed by atoms with E-state index in [0.29, 0.717) is 33.2 Å². The van der Waals surface area contributed by atoms with Gasteiger partial charge in [0.15, 0.2) is 11.5 Å². The van der Waals surface area contributed by atoms with E-state index in [1.807, 2.05) is 18.2 Å². The molecular formula is C24H25NO3S2. The van der Waals surface area contributed by atoms with Crippen LogP contribution in [0.1, 0.15) is 54.7 Å². The number of carbonyl (C=O) groups excluding carboxylic acids is 1. The van der Waals surface area contributed by atoms with Crippen molar-refractivity contribution in [3.05, 3.63) is 64.1 Å². The van der Waals surface area contributed by atoms with Crippen LogP contribution in [0.5, 0.6) is 11.5 Å². The highest BCUT2D eigenvalue weighted by Gasteiger charge is 2.22. The third-order valence-electron chi connectivity index (χ3n) is 5.58. The second kappa shape index (κ2) is 9.67. The number of benzene rings is 2. The van der Waals surface area contributed by atoms with E-state index in [-0.39, 0.29) is 5.91 Å². The molecule has 1 N–H and O–H groups in total. The van der Waals surface area contributed by atoms with Crippen LogP contribution in [0.25, 0.3) is 6.08 Å². The molecule has 1 aliphatic carbocycles. The molecule has 2 aromatic rings. The average molecular weight is 440 g/mol. The molecule has 2 fully saturated rings. The van der Waals surface area contributed by atoms with Crippen molar-refractivity contribution in [1.29, 1.82) is 0 Å². The first-order valence-corrected chi connectivity index (χ1v) is 11.5. The summed E-state index contributed by atoms with van der Waals surface area (Å²) in [5.41, 5.74) is 3.44. The molecule has 1 saturated heterocycles. The Morgan fingerprint density at radius 1 is 1.10 bits per heavy atom. The van der Waals surface area contributed by atoms with E-state index in [4.69, 9.17) is 21.7 Å². The summed E-state index contributed by atoms with van der Waals surface area (Å²) in [6, 6.07) is 14.5. The summed E-state index contributed by atoms with van der Waals surface area (Å²) >= 11 is 6.29. The van der Waals surface area contributed by atoms with Crippen molar-refractivity contribution >= 4 is 40.3 Å². The van der Waals surface area contributed by atoms with Crippen molar-refractivity contribution < 1.29 is 14.3 Å². The standard InChI is InChI=1S/C24H25NO3S2/c1-27-21-13-17(14-22-23(26)25-24(29)30-22)9-12-20(21)28-15-16-7-10-19(11-8-16)18-5-3-2-4-6-18/h7-14,18H,2-6,15H2,1H3,(H,25,26,29)/b22-14-. The molecule has 0 spiro atoms. The van der Waals surface area contributed by atoms with Gasteiger partial charge in [0.2, 0.25) is 0 Å². The summed E-state index contributed by atoms with van der Waals surface area (Å²) in [6.45, 7) is 0.480. The quantitative estimate of drug-likeness (QED) is 0.455. The Labute approximate surface area is 187 Å². The molecule has 1 amide bonds. The molecule has 1 saturated carbocycles. The van der Waals surface area contributed by atoms with Gasteiger partial charge in [-0.2, -0.15) is 0 Å². The maximum absolute atomic E-state index is 11.9. The lowest BCUT2D eigenvalue weighted by atomic mass is 9.84. The van der Waals surface area contributed by atoms with Gasteiger partial charge < -0.3 is 14.8 Å². The molecule has 6 heteroatoms. The number of amides is 1. The Kier molecular flexibility index (Phi) is 6.75. The number of nitrogens with one attached hydrogen (secondary N) is 1. The number of thiocarbonyl (C=S) groups is 1. The van der Waals surface area contributed by atoms with Crippen molar-refractivity contribution in [3.63, 3.8) is 0 Å². The number of hydrogen-bond acceptors (Lipinski definition) is 5. The second-order valence-electron chi connectivity index (χ2n) is 7.63. The van der Waals surface area contributed by atoms with E-state index < -0.39 is 0 Å². The summed E-state index contributed by atoms with van der Waals surface area (Å²) < 4.78 is 12.0. The van der Waals surface area contributed by atoms with Crippen molar-refractivity contribution in [2.24, 2.45) is 0 Å². The number of hydrogen-bond donors (Lipinski definition) is 1. The average Bonchev–Trinajstić information content (AvgIpc) is 3.10. The van der Waals surface area contributed by atoms with Crippen LogP contribution in [0.2, 0.25) is 0 Å². The lowest BCUT2D eigenvalue weighted by molar-refractivity contribution is -0.115. The Bertz CT molecular complexity index is 963. The number of ether oxygens (including phenoxy) is 2. The van der Waals surface area contributed by atoms with Crippen LogP contribution in [0, 0.1) is 0 Å². The topological polar surface area (TPSA) is 47.6 Å². The minimum absolute atomic E-state index is 0.166. The smallest absolute Gasteiger partial charge is 0.263 e. The van der Waals surface area contributed by atoms with Crippen LogP contribution in [0.4, 0.5) is 0 Å². The number of rotatable bonds is 6. The number of thioether (sulfide) groups is 1. The Morgan fingerprint density at radius 3 is 2.53 bits per heavy atom. The molecular weight excluding hydrogens is 414 g/mol. The predicted octanol–water partition coefficient (Wildman–Crippen LogP) is 5.81. The minimum atomic E-state index is -0.166. The van der Waals surface area contributed by atoms with Crippen LogP contribution in [-0.2, 0) is 11.4 Å². The van der Waals surface area contributed by atoms with E-state index in [9.17, 15) is 4.79 Å². The van der Waals surface area contributed by atoms with Gasteiger partial charge in [-0.05, 0) is 53.7 Å². The Balaban J connectivity index is 1.41. The summed E-state index contributed by atoms with van der Waals surface area (Å²) in [7, 11) is 1.62. The molecule has 0 radical (unpaired) electrons. The van der Waals surface area contributed by atoms with Gasteiger partial charge in [0.05, 0.1) is 12.0 Å². The summed E-state index contributed by atoms with van der Waals surface area (Å²) in [5, 5.41) is 2.62. The monoisotopic (exact) mass is 439 g/mol. The van der Waals surface area contributed by atoms with Gasteiger partial charge in [-0.3, -0.25) is 4.79 Å². The lowest BCUT2D eigenvalue weighted by Gasteiger charge is -2.22. The highest BCUT2D eigenvalue weighted by Crippen LogP contribution is 2.34. The van der Waals surface area contributed by atoms with E-state index in [0.717, 1.165) is 11.1 Å². The minimum Gasteiger partial charge on any atom is -0.493 e. The van der Waals surface area contributed by atoms with Gasteiger partial charge >= 0.3 is 0 Å². The molecule has 2 aromatic carbocycles. The van der Waals surface area contributed by atoms with Crippen LogP contribution in [-0.4, -0.2) is 17.3 Å². The van der Waals surface area contributed by atoms with Gasteiger partial charge in [0, 0.05) is 0 Å². The van der Waals surface area contributed by atoms with Gasteiger partial charge in [-0.15, -0.1) is 0 Å². The normalized spacial score (nSPS) is 18.5. The fraction of sp³-hybridized carbons (Fsp3) is 0.333. The Morgan fingerprint density at radius 2 is 1.87 bits per heavy atom. The highest BCUT2D eigenvalue weighted by atomic mass is 32.2. The van der Waals surface area contributed by atoms with Crippen LogP contribution in [0.15, 0.2) is 47.4 Å². The van der Waals surface area contributed by atoms with Crippen molar-refractivity contribution in [2.75, 3.05) is 7.11 Å². The summed E-state index contributed by atoms with van der Waals surface area (Å²) in [6.07, 6.45) is 8.48. The first-order chi connectivity index (χ1) is 14.6. The molecule has 1 aliphatic heterocycles. The summed E-state index contributed by atoms with van der Waals surface area (Å²) in [5.74, 6) is 1.86. The molecule has 0 unspecified atom stereocenters. The van der Waals surface area contributed by atoms with Crippen LogP contribution < -0.4 is 14.8 Å². The Hall–Kier alpha value is -2.31. The van der Waals surface area contributed by atoms with Crippen molar-refractivity contribution in [2.45, 2.75) is 44.6 Å². The molecule has 1 heterocycles. The molecule has 2 aliphatic rings. The van der Waals surface area contributed by atoms with E-state index >= 15 is 0 Å². The second-order valence-corrected chi connectivity index (χ2v) is 9.35. The fourth-order valence-corrected chi connectivity index (χ4v) is 4.99. The fourth-order valence-electron chi connectivity index (χ4n) is 3.95. The molecule has 0 aromatic heterocycles. The van der Waals surface area contributed by atoms with E-state index in [1.54, 1.807) is 13.2 Å². The maximum Gasteiger partial charge on any atom is 0.263 e. The molecule has 4 rings (SSSR count). The molecule has 0 atom stereocenters. The third kappa shape index (κ3) is 5.05. The zero-order valence-corrected chi connectivity index (χ0v) is 18.6. The molecule has 156 valence electrons. The van der Waals surface area contributed by atoms with Crippen molar-refractivity contribution in [3.8, 4) is 11.5 Å². The zero-order chi connectivity index (χ0) is 20.9. The lowest BCUT2D eigenvalue weighted by Crippen LogP contribution is -2.17. The number of carbonyl (C=O) groups is 1. The predicted molar refractivity (Wildman–Crippen MR) is 126 cm³/mol. The number of methoxy groups -OCH3 is 1. The van der Waals surface area contributed by atoms with Gasteiger partial charge in [-0.25, -0.2) is 0 Å². The maximum atomic E-state index is 11.9. The van der Waals surface area contributed by atoms with Crippen LogP contribution >= 0.6 is 24.0 Å². The van der Waals surface area contributed by atoms with Gasteiger partial charge in [0.1, 0.15) is 10.9 Å². The van der Waals surface area contributed by atoms with Crippen LogP contribution in [0.3, 0.4) is 0 Å². The van der Waals surface area contributed by atoms with E-state index in [1.165, 1.54) is 49.4 Å². The molecule has 30 heavy (non-hydrogen) atoms. The summed E-state index contributed by atoms with van der Waals surface area (Å²) in [4.78, 5) is 12.4. The zero-order valence-electron chi connectivity index (χ0n) is 17.0. The third-order valence-corrected chi connectivity index (χ3v) is 6.74. The first kappa shape index (κ1) is 20.9. The first-order valence-electron chi connectivity index (χ1n) is 10.3. The largest absolute Gasteiger partial charge is 0.493 e. The van der Waals surface area contributed by atoms with Crippen molar-refractivity contribution in [1.82, 2.24) is 5.32 Å². The molecule has 4 nitrogen and oxygen atoms in total. The SMILES string of the molecule is COc1cc(/C=C2\SC(=S)NC2=O)ccc1OCc1ccc(C2CCCCC2)cc1. The van der Waals surface area contributed by atoms with Gasteiger partial charge in [-0.1, -0.05) is 73.6 Å². The van der Waals surface area contributed by atoms with Gasteiger partial charge in [0.25, 0.3) is 5.91 Å². The highest BCUT2D eigenvalue weighted by molar-refractivity contribution is 8.26. The molecule has 0 bridgehead atoms.